The summed E-state index contributed by atoms with van der Waals surface area (Å²) < 4.78 is 0. The van der Waals surface area contributed by atoms with Crippen LogP contribution in [0.3, 0.4) is 0 Å². The first kappa shape index (κ1) is 27.1. The molecule has 0 aliphatic heterocycles. The van der Waals surface area contributed by atoms with Gasteiger partial charge in [0.1, 0.15) is 5.82 Å². The third-order valence-corrected chi connectivity index (χ3v) is 7.79. The molecule has 0 spiro atoms. The highest BCUT2D eigenvalue weighted by molar-refractivity contribution is 6.05. The van der Waals surface area contributed by atoms with Crippen LogP contribution in [0.2, 0.25) is 0 Å². The Labute approximate surface area is 236 Å². The van der Waals surface area contributed by atoms with Crippen molar-refractivity contribution in [3.8, 4) is 11.1 Å². The lowest BCUT2D eigenvalue weighted by molar-refractivity contribution is -0.127. The van der Waals surface area contributed by atoms with E-state index in [1.807, 2.05) is 26.2 Å². The summed E-state index contributed by atoms with van der Waals surface area (Å²) >= 11 is 0. The van der Waals surface area contributed by atoms with Crippen molar-refractivity contribution >= 4 is 29.0 Å². The van der Waals surface area contributed by atoms with Crippen LogP contribution in [-0.4, -0.2) is 30.9 Å². The molecular weight excluding hydrogens is 496 g/mol. The van der Waals surface area contributed by atoms with Gasteiger partial charge in [-0.3, -0.25) is 9.59 Å². The number of carbonyl (C=O) groups excluding carboxylic acids is 2. The molecule has 0 radical (unpaired) electrons. The van der Waals surface area contributed by atoms with Gasteiger partial charge in [-0.1, -0.05) is 67.8 Å². The SMILES string of the molecule is CN(C)c1ccc(-c2ccc(CC3(C(=O)Nc4cccc(C(=O)Nc5ccccn5)c4)CCCCC3)cc2)cc1. The Kier molecular flexibility index (Phi) is 8.25. The summed E-state index contributed by atoms with van der Waals surface area (Å²) in [5, 5.41) is 5.95. The van der Waals surface area contributed by atoms with Crippen molar-refractivity contribution in [1.29, 1.82) is 0 Å². The monoisotopic (exact) mass is 532 g/mol. The molecule has 4 aromatic rings. The maximum atomic E-state index is 13.8. The summed E-state index contributed by atoms with van der Waals surface area (Å²) in [5.41, 5.74) is 5.29. The van der Waals surface area contributed by atoms with Gasteiger partial charge in [0.15, 0.2) is 0 Å². The van der Waals surface area contributed by atoms with Gasteiger partial charge >= 0.3 is 0 Å². The fraction of sp³-hybridized carbons (Fsp3) is 0.265. The Hall–Kier alpha value is -4.45. The smallest absolute Gasteiger partial charge is 0.256 e. The highest BCUT2D eigenvalue weighted by atomic mass is 16.2. The van der Waals surface area contributed by atoms with Crippen LogP contribution in [0.4, 0.5) is 17.2 Å². The van der Waals surface area contributed by atoms with E-state index in [0.717, 1.165) is 43.2 Å². The number of anilines is 3. The predicted molar refractivity (Wildman–Crippen MR) is 163 cm³/mol. The zero-order valence-corrected chi connectivity index (χ0v) is 23.2. The number of pyridine rings is 1. The molecule has 0 saturated heterocycles. The van der Waals surface area contributed by atoms with Crippen LogP contribution < -0.4 is 15.5 Å². The maximum Gasteiger partial charge on any atom is 0.256 e. The second kappa shape index (κ2) is 12.2. The first-order valence-electron chi connectivity index (χ1n) is 13.9. The zero-order valence-electron chi connectivity index (χ0n) is 23.2. The van der Waals surface area contributed by atoms with Crippen LogP contribution >= 0.6 is 0 Å². The van der Waals surface area contributed by atoms with E-state index in [1.54, 1.807) is 36.5 Å². The van der Waals surface area contributed by atoms with E-state index in [-0.39, 0.29) is 11.8 Å². The number of amides is 2. The van der Waals surface area contributed by atoms with Crippen molar-refractivity contribution < 1.29 is 9.59 Å². The minimum Gasteiger partial charge on any atom is -0.378 e. The summed E-state index contributed by atoms with van der Waals surface area (Å²) in [5.74, 6) is 0.246. The summed E-state index contributed by atoms with van der Waals surface area (Å²) in [7, 11) is 4.08. The van der Waals surface area contributed by atoms with E-state index in [2.05, 4.69) is 69.0 Å². The number of hydrogen-bond acceptors (Lipinski definition) is 4. The Morgan fingerprint density at radius 2 is 1.50 bits per heavy atom. The molecule has 5 rings (SSSR count). The molecule has 204 valence electrons. The number of benzene rings is 3. The quantitative estimate of drug-likeness (QED) is 0.252. The summed E-state index contributed by atoms with van der Waals surface area (Å²) in [6.07, 6.45) is 7.26. The summed E-state index contributed by atoms with van der Waals surface area (Å²) in [6, 6.07) is 29.6. The van der Waals surface area contributed by atoms with E-state index >= 15 is 0 Å². The number of carbonyl (C=O) groups is 2. The molecule has 1 fully saturated rings. The Balaban J connectivity index is 1.29. The second-order valence-electron chi connectivity index (χ2n) is 10.9. The van der Waals surface area contributed by atoms with E-state index in [0.29, 0.717) is 23.5 Å². The topological polar surface area (TPSA) is 74.3 Å². The molecule has 6 nitrogen and oxygen atoms in total. The number of rotatable bonds is 8. The number of hydrogen-bond donors (Lipinski definition) is 2. The van der Waals surface area contributed by atoms with Gasteiger partial charge in [0, 0.05) is 37.2 Å². The lowest BCUT2D eigenvalue weighted by atomic mass is 9.69. The molecule has 1 aromatic heterocycles. The van der Waals surface area contributed by atoms with Crippen LogP contribution in [0.25, 0.3) is 11.1 Å². The lowest BCUT2D eigenvalue weighted by Crippen LogP contribution is -2.40. The summed E-state index contributed by atoms with van der Waals surface area (Å²) in [4.78, 5) is 32.8. The first-order chi connectivity index (χ1) is 19.4. The Bertz CT molecular complexity index is 1440. The van der Waals surface area contributed by atoms with Crippen LogP contribution in [0.5, 0.6) is 0 Å². The fourth-order valence-electron chi connectivity index (χ4n) is 5.50. The minimum absolute atomic E-state index is 0.0258. The van der Waals surface area contributed by atoms with Gasteiger partial charge in [-0.05, 0) is 78.4 Å². The molecule has 1 saturated carbocycles. The van der Waals surface area contributed by atoms with Crippen molar-refractivity contribution in [3.05, 3.63) is 108 Å². The Morgan fingerprint density at radius 1 is 0.800 bits per heavy atom. The van der Waals surface area contributed by atoms with Crippen LogP contribution in [0, 0.1) is 5.41 Å². The minimum atomic E-state index is -0.473. The fourth-order valence-corrected chi connectivity index (χ4v) is 5.50. The van der Waals surface area contributed by atoms with Gasteiger partial charge in [0.05, 0.1) is 5.41 Å². The molecule has 0 bridgehead atoms. The van der Waals surface area contributed by atoms with Gasteiger partial charge in [-0.2, -0.15) is 0 Å². The Morgan fingerprint density at radius 3 is 2.15 bits per heavy atom. The average molecular weight is 533 g/mol. The largest absolute Gasteiger partial charge is 0.378 e. The molecule has 6 heteroatoms. The normalized spacial score (nSPS) is 14.2. The second-order valence-corrected chi connectivity index (χ2v) is 10.9. The third-order valence-electron chi connectivity index (χ3n) is 7.79. The van der Waals surface area contributed by atoms with Crippen LogP contribution in [-0.2, 0) is 11.2 Å². The van der Waals surface area contributed by atoms with Crippen LogP contribution in [0.1, 0.15) is 48.0 Å². The highest BCUT2D eigenvalue weighted by Crippen LogP contribution is 2.41. The first-order valence-corrected chi connectivity index (χ1v) is 13.9. The molecule has 0 unspecified atom stereocenters. The van der Waals surface area contributed by atoms with E-state index < -0.39 is 5.41 Å². The van der Waals surface area contributed by atoms with Gasteiger partial charge in [0.25, 0.3) is 5.91 Å². The average Bonchev–Trinajstić information content (AvgIpc) is 2.99. The zero-order chi connectivity index (χ0) is 28.0. The van der Waals surface area contributed by atoms with Crippen molar-refractivity contribution in [3.63, 3.8) is 0 Å². The molecule has 1 aliphatic carbocycles. The number of aromatic nitrogens is 1. The third kappa shape index (κ3) is 6.40. The van der Waals surface area contributed by atoms with Gasteiger partial charge in [-0.25, -0.2) is 4.98 Å². The molecule has 0 atom stereocenters. The van der Waals surface area contributed by atoms with Gasteiger partial charge < -0.3 is 15.5 Å². The number of nitrogens with one attached hydrogen (secondary N) is 2. The lowest BCUT2D eigenvalue weighted by Gasteiger charge is -2.36. The summed E-state index contributed by atoms with van der Waals surface area (Å²) in [6.45, 7) is 0. The maximum absolute atomic E-state index is 13.8. The predicted octanol–water partition coefficient (Wildman–Crippen LogP) is 7.20. The molecule has 1 aliphatic rings. The van der Waals surface area contributed by atoms with Crippen molar-refractivity contribution in [1.82, 2.24) is 4.98 Å². The molecule has 1 heterocycles. The van der Waals surface area contributed by atoms with E-state index in [1.165, 1.54) is 11.3 Å². The van der Waals surface area contributed by atoms with E-state index in [4.69, 9.17) is 0 Å². The standard InChI is InChI=1S/C34H36N4O2/c1-38(2)30-18-16-27(17-19-30)26-14-12-25(13-15-26)24-34(20-5-3-6-21-34)33(40)36-29-10-8-9-28(23-29)32(39)37-31-11-4-7-22-35-31/h4,7-19,22-23H,3,5-6,20-21,24H2,1-2H3,(H,36,40)(H,35,37,39). The number of nitrogens with zero attached hydrogens (tertiary/aromatic N) is 2. The van der Waals surface area contributed by atoms with Crippen molar-refractivity contribution in [2.24, 2.45) is 5.41 Å². The molecule has 3 aromatic carbocycles. The van der Waals surface area contributed by atoms with Gasteiger partial charge in [-0.15, -0.1) is 0 Å². The molecule has 40 heavy (non-hydrogen) atoms. The highest BCUT2D eigenvalue weighted by Gasteiger charge is 2.39. The van der Waals surface area contributed by atoms with Gasteiger partial charge in [0.2, 0.25) is 5.91 Å². The van der Waals surface area contributed by atoms with Crippen molar-refractivity contribution in [2.75, 3.05) is 29.6 Å². The molecule has 2 N–H and O–H groups in total. The molecular formula is C34H36N4O2. The van der Waals surface area contributed by atoms with E-state index in [9.17, 15) is 9.59 Å². The molecule has 2 amide bonds. The van der Waals surface area contributed by atoms with Crippen LogP contribution in [0.15, 0.2) is 97.2 Å². The van der Waals surface area contributed by atoms with Crippen molar-refractivity contribution in [2.45, 2.75) is 38.5 Å².